The van der Waals surface area contributed by atoms with Crippen molar-refractivity contribution < 1.29 is 94.4 Å². The third-order valence-electron chi connectivity index (χ3n) is 29.5. The van der Waals surface area contributed by atoms with Gasteiger partial charge in [-0.15, -0.1) is 21.5 Å². The van der Waals surface area contributed by atoms with Crippen molar-refractivity contribution in [1.29, 1.82) is 0 Å². The average molecular weight is 2090 g/mol. The molecule has 39 nitrogen and oxygen atoms in total. The van der Waals surface area contributed by atoms with Crippen molar-refractivity contribution in [2.75, 3.05) is 71.2 Å². The Bertz CT molecular complexity index is 7150. The molecule has 43 heteroatoms. The summed E-state index contributed by atoms with van der Waals surface area (Å²) in [6.07, 6.45) is 13.0. The molecule has 9 aliphatic heterocycles. The van der Waals surface area contributed by atoms with Crippen LogP contribution < -0.4 is 69.8 Å². The Morgan fingerprint density at radius 3 is 2.20 bits per heavy atom. The molecule has 0 unspecified atom stereocenters. The summed E-state index contributed by atoms with van der Waals surface area (Å²) in [6, 6.07) is 28.2. The second-order valence-electron chi connectivity index (χ2n) is 40.2. The number of primary amides is 1. The minimum absolute atomic E-state index is 0.00232. The minimum Gasteiger partial charge on any atom is -0.496 e. The van der Waals surface area contributed by atoms with Crippen molar-refractivity contribution in [3.05, 3.63) is 200 Å². The topological polar surface area (TPSA) is 507 Å². The fraction of sp³-hybridized carbons (Fsp3) is 0.462. The molecule has 13 N–H and O–H groups in total. The molecule has 11 aliphatic rings. The molecule has 2 aliphatic carbocycles. The second-order valence-corrected chi connectivity index (χ2v) is 41.6. The molecule has 0 radical (unpaired) electrons. The van der Waals surface area contributed by atoms with Gasteiger partial charge in [0.25, 0.3) is 17.5 Å². The van der Waals surface area contributed by atoms with E-state index in [0.29, 0.717) is 128 Å². The van der Waals surface area contributed by atoms with Crippen molar-refractivity contribution in [2.24, 2.45) is 35.1 Å². The summed E-state index contributed by atoms with van der Waals surface area (Å²) >= 11 is 7.45. The van der Waals surface area contributed by atoms with Crippen LogP contribution in [0.25, 0.3) is 70.8 Å². The number of carbonyl (C=O) groups is 4. The first-order valence-corrected chi connectivity index (χ1v) is 51.3. The zero-order valence-electron chi connectivity index (χ0n) is 83.9. The van der Waals surface area contributed by atoms with E-state index in [4.69, 9.17) is 91.1 Å². The molecule has 16 heterocycles. The van der Waals surface area contributed by atoms with Crippen molar-refractivity contribution in [2.45, 2.75) is 240 Å². The number of oxazole rings is 1. The van der Waals surface area contributed by atoms with E-state index < -0.39 is 53.3 Å². The normalized spacial score (nSPS) is 26.0. The summed E-state index contributed by atoms with van der Waals surface area (Å²) in [4.78, 5) is 102. The predicted octanol–water partition coefficient (Wildman–Crippen LogP) is 14.5. The number of amides is 5. The van der Waals surface area contributed by atoms with Gasteiger partial charge >= 0.3 is 17.8 Å². The number of anilines is 4. The van der Waals surface area contributed by atoms with Crippen LogP contribution in [0, 0.1) is 35.3 Å². The zero-order chi connectivity index (χ0) is 105. The average Bonchev–Trinajstić information content (AvgIpc) is 1.55. The third-order valence-corrected chi connectivity index (χ3v) is 31.1. The molecule has 11 fully saturated rings. The van der Waals surface area contributed by atoms with Gasteiger partial charge in [0.1, 0.15) is 93.4 Å². The molecule has 23 rings (SSSR count). The van der Waals surface area contributed by atoms with Crippen LogP contribution in [0.15, 0.2) is 160 Å². The lowest BCUT2D eigenvalue weighted by atomic mass is 9.79. The predicted molar refractivity (Wildman–Crippen MR) is 552 cm³/mol. The van der Waals surface area contributed by atoms with Gasteiger partial charge in [-0.1, -0.05) is 49.9 Å². The van der Waals surface area contributed by atoms with E-state index in [9.17, 15) is 42.7 Å². The number of aromatic nitrogens is 10. The number of methoxy groups -OCH3 is 3. The van der Waals surface area contributed by atoms with Gasteiger partial charge in [-0.2, -0.15) is 10.1 Å². The number of nitrogen functional groups attached to an aromatic ring is 2. The number of aliphatic hydroxyl groups excluding tert-OH is 1. The number of nitrogens with zero attached hydrogens (tertiary/aromatic N) is 11. The summed E-state index contributed by atoms with van der Waals surface area (Å²) in [5, 5.41) is 33.2. The van der Waals surface area contributed by atoms with E-state index >= 15 is 0 Å². The second kappa shape index (κ2) is 44.3. The molecule has 149 heavy (non-hydrogen) atoms. The number of benzene rings is 5. The Morgan fingerprint density at radius 2 is 1.48 bits per heavy atom. The molecule has 788 valence electrons. The van der Waals surface area contributed by atoms with Gasteiger partial charge in [-0.3, -0.25) is 28.8 Å². The van der Waals surface area contributed by atoms with E-state index in [1.54, 1.807) is 74.0 Å². The summed E-state index contributed by atoms with van der Waals surface area (Å²) in [6.45, 7) is 15.3. The molecule has 9 saturated heterocycles. The van der Waals surface area contributed by atoms with E-state index in [1.807, 2.05) is 55.7 Å². The summed E-state index contributed by atoms with van der Waals surface area (Å²) in [5.41, 5.74) is 32.2. The minimum atomic E-state index is -0.850. The summed E-state index contributed by atoms with van der Waals surface area (Å²) < 4.78 is 109. The van der Waals surface area contributed by atoms with Crippen LogP contribution >= 0.6 is 22.9 Å². The first kappa shape index (κ1) is 105. The molecular weight excluding hydrogens is 1960 g/mol. The third kappa shape index (κ3) is 22.2. The zero-order valence-corrected chi connectivity index (χ0v) is 85.5. The number of rotatable bonds is 21. The van der Waals surface area contributed by atoms with Gasteiger partial charge < -0.3 is 105 Å². The van der Waals surface area contributed by atoms with Gasteiger partial charge in [-0.25, -0.2) is 47.9 Å². The quantitative estimate of drug-likeness (QED) is 0.0238. The van der Waals surface area contributed by atoms with E-state index in [1.165, 1.54) is 50.4 Å². The molecule has 5 amide bonds. The van der Waals surface area contributed by atoms with Crippen LogP contribution in [-0.4, -0.2) is 229 Å². The summed E-state index contributed by atoms with van der Waals surface area (Å²) in [7, 11) is 9.56. The van der Waals surface area contributed by atoms with E-state index in [0.717, 1.165) is 126 Å². The number of nitrogens with two attached hydrogens (primary N) is 4. The van der Waals surface area contributed by atoms with Crippen molar-refractivity contribution in [3.63, 3.8) is 0 Å². The highest BCUT2D eigenvalue weighted by atomic mass is 35.5. The van der Waals surface area contributed by atoms with Gasteiger partial charge in [0.15, 0.2) is 22.8 Å². The lowest BCUT2D eigenvalue weighted by molar-refractivity contribution is -0.292. The van der Waals surface area contributed by atoms with E-state index in [-0.39, 0.29) is 167 Å². The highest BCUT2D eigenvalue weighted by Crippen LogP contribution is 2.56. The maximum absolute atomic E-state index is 14.8. The number of urea groups is 2. The molecule has 7 aromatic heterocycles. The van der Waals surface area contributed by atoms with Crippen molar-refractivity contribution in [1.82, 2.24) is 64.7 Å². The number of thiophene rings is 1. The maximum Gasteiger partial charge on any atom is 0.343 e. The Kier molecular flexibility index (Phi) is 31.1. The number of fused-ring (bicyclic) bond motifs is 10. The standard InChI is InChI=1S/C41H61NO10.C29H27F2N7O5S.C21H19ClN4O4.C15H15N7O/c1-20-11-27-5-7-31-21(2)12-29(46-31)9-10-41-18-34-37(51-41)38-39(50-34)40(52-41)36-32(49-38)8-6-28(48-36)16-25(43)17-30-23(15-33(47-27)22(20)3)13-24(35(30)45-4)14-26(44)19-42;1-36(2)14-19-24-26(39)38(22-12-13-23(42-3)34-33-22)29(41)37(15-18-20(30)6-5-7-21(18)31)27(24)44-25(19)16-8-10-17(11-9-16)32-28(40)35-43-4;1-29-19-10-17-13(9-14(19)20(23)27)18(6-7-24-17)30-12-4-5-16(15(22)8-12)26-21(28)25-11-2-3-11;1-7(2)22-14-11(13(16)18-6-19-14)12(21-22)8-3-4-10-9(5-8)20-15(17)23-10/h20,23-24,26-40,44H,2-3,5-19,42H2,1,4H3;5-13H,14-15H2,1-4H3,(H2,32,35,40);4-11H,2-3H2,1H3,(H2,23,27)(H2,25,26,28);3-7H,1-2H3,(H2,17,20)(H2,16,18,19)/t20-,23+,24-,26+,27+,28-,29+,30+,31+,32+,33-,34-,35+,36+,37+,38+,39-,40+,41+;;;/m1.../s1. The number of carbonyl (C=O) groups excluding carboxylic acids is 4. The van der Waals surface area contributed by atoms with Crippen molar-refractivity contribution in [3.8, 4) is 50.6 Å². The van der Waals surface area contributed by atoms with Gasteiger partial charge in [0.2, 0.25) is 5.88 Å². The van der Waals surface area contributed by atoms with Crippen LogP contribution in [0.4, 0.5) is 41.6 Å². The highest BCUT2D eigenvalue weighted by Gasteiger charge is 2.69. The Labute approximate surface area is 864 Å². The first-order chi connectivity index (χ1) is 71.7. The SMILES string of the molecule is C=C1C[C@@H]2CC[C@@]34C[C@H]5O[C@H]6[C@@H](O3)[C@H]3O[C@H](CC[C@@H]3O[C@H]6[C@H]5O4)CC(=O)C[C@H]3[C@@H](C[C@H](C[C@H](O)CN)[C@@H]3OC)C[C@H]3O[C@@H](CC[C@@H]1O2)C[C@@H](C)C3=C.CC(C)n1nc(-c2ccc3oc(N)nc3c2)c2c(N)ncnc21.CONC(=O)Nc1ccc(-c2sc3c(c2CN(C)C)c(=O)n(-c2ccc(OC)nn2)c(=O)n3Cc2c(F)cccc2F)cc1.COc1cc2nccc(Oc3ccc(NC(=O)NC4CC4)c(Cl)c3)c2cc1C(N)=O. The fourth-order valence-corrected chi connectivity index (χ4v) is 23.8. The van der Waals surface area contributed by atoms with Crippen LogP contribution in [0.5, 0.6) is 23.1 Å². The van der Waals surface area contributed by atoms with Crippen LogP contribution in [0.3, 0.4) is 0 Å². The van der Waals surface area contributed by atoms with E-state index in [2.05, 4.69) is 81.6 Å². The highest BCUT2D eigenvalue weighted by molar-refractivity contribution is 7.22. The smallest absolute Gasteiger partial charge is 0.343 e. The molecule has 12 aromatic rings. The molecule has 1 spiro atoms. The van der Waals surface area contributed by atoms with Gasteiger partial charge in [-0.05, 0) is 224 Å². The first-order valence-electron chi connectivity index (χ1n) is 50.1. The number of hydrogen-bond donors (Lipinski definition) is 9. The Balaban J connectivity index is 0.000000130. The lowest BCUT2D eigenvalue weighted by Crippen LogP contribution is -2.61. The van der Waals surface area contributed by atoms with Gasteiger partial charge in [0, 0.05) is 109 Å². The number of pyridine rings is 1. The Morgan fingerprint density at radius 1 is 0.732 bits per heavy atom. The summed E-state index contributed by atoms with van der Waals surface area (Å²) in [5.74, 6) is -0.511. The molecule has 5 aromatic carbocycles. The number of Topliss-reactive ketones (excluding diaryl/α,β-unsaturated/α-hetero) is 1. The number of hydrogen-bond acceptors (Lipinski definition) is 32. The molecule has 19 atom stereocenters. The van der Waals surface area contributed by atoms with Crippen LogP contribution in [0.1, 0.15) is 151 Å². The number of halogens is 3. The maximum atomic E-state index is 14.8. The lowest BCUT2D eigenvalue weighted by Gasteiger charge is -2.47. The fourth-order valence-electron chi connectivity index (χ4n) is 22.3. The molecule has 2 saturated carbocycles. The number of hydroxylamine groups is 1. The molecule has 12 bridgehead atoms. The number of aliphatic hydroxyl groups is 1. The van der Waals surface area contributed by atoms with Gasteiger partial charge in [0.05, 0.1) is 115 Å². The number of nitrogens with one attached hydrogen (secondary N) is 4. The number of ether oxygens (including phenoxy) is 11. The Hall–Kier alpha value is -12.9. The van der Waals surface area contributed by atoms with Crippen molar-refractivity contribution >= 4 is 113 Å². The monoisotopic (exact) mass is 2090 g/mol. The number of ketones is 1. The largest absolute Gasteiger partial charge is 0.496 e. The van der Waals surface area contributed by atoms with Crippen LogP contribution in [-0.2, 0) is 60.6 Å². The van der Waals surface area contributed by atoms with Crippen LogP contribution in [0.2, 0.25) is 5.02 Å². The molecular formula is C106H122ClF2N19O20S.